The minimum Gasteiger partial charge on any atom is -0.379 e. The van der Waals surface area contributed by atoms with Crippen LogP contribution in [0.25, 0.3) is 0 Å². The van der Waals surface area contributed by atoms with Crippen LogP contribution in [0, 0.1) is 17.8 Å². The molecule has 0 radical (unpaired) electrons. The van der Waals surface area contributed by atoms with Crippen LogP contribution < -0.4 is 32.7 Å². The maximum absolute atomic E-state index is 14.2. The predicted octanol–water partition coefficient (Wildman–Crippen LogP) is 1.87. The first kappa shape index (κ1) is 43.6. The van der Waals surface area contributed by atoms with E-state index in [0.717, 1.165) is 64.2 Å². The molecule has 5 amide bonds. The second-order valence-electron chi connectivity index (χ2n) is 15.4. The van der Waals surface area contributed by atoms with Crippen LogP contribution in [-0.4, -0.2) is 111 Å². The van der Waals surface area contributed by atoms with E-state index in [1.54, 1.807) is 7.05 Å². The molecule has 8 N–H and O–H groups in total. The Morgan fingerprint density at radius 3 is 2.04 bits per heavy atom. The van der Waals surface area contributed by atoms with Gasteiger partial charge in [0.05, 0.1) is 25.2 Å². The molecule has 0 unspecified atom stereocenters. The van der Waals surface area contributed by atoms with Crippen molar-refractivity contribution < 1.29 is 33.4 Å². The van der Waals surface area contributed by atoms with Crippen LogP contribution in [0.5, 0.6) is 0 Å². The van der Waals surface area contributed by atoms with Gasteiger partial charge in [0.25, 0.3) is 0 Å². The van der Waals surface area contributed by atoms with E-state index in [-0.39, 0.29) is 31.6 Å². The van der Waals surface area contributed by atoms with E-state index in [2.05, 4.69) is 21.3 Å². The van der Waals surface area contributed by atoms with Gasteiger partial charge in [-0.05, 0) is 57.4 Å². The minimum atomic E-state index is -1.17. The number of nitrogens with zero attached hydrogens (tertiary/aromatic N) is 1. The zero-order valence-electron chi connectivity index (χ0n) is 32.3. The number of nitrogens with one attached hydrogen (secondary N) is 4. The highest BCUT2D eigenvalue weighted by molar-refractivity contribution is 5.96. The molecule has 3 fully saturated rings. The first-order chi connectivity index (χ1) is 25.0. The monoisotopic (exact) mass is 736 g/mol. The van der Waals surface area contributed by atoms with Gasteiger partial charge in [0.1, 0.15) is 24.2 Å². The first-order valence-electron chi connectivity index (χ1n) is 20.1. The molecule has 0 spiro atoms. The fourth-order valence-corrected chi connectivity index (χ4v) is 7.85. The van der Waals surface area contributed by atoms with E-state index in [9.17, 15) is 24.0 Å². The van der Waals surface area contributed by atoms with Crippen LogP contribution >= 0.6 is 0 Å². The molecule has 0 bridgehead atoms. The van der Waals surface area contributed by atoms with Crippen molar-refractivity contribution in [2.45, 2.75) is 153 Å². The number of amides is 5. The Morgan fingerprint density at radius 2 is 1.40 bits per heavy atom. The SMILES string of the molecule is CCC[C@H]1C(=O)N[C@@H](C2CCCCCC2)C(=O)N[C@@H](CN)C(=O)N[C@@H](COCCCN)C(=O)N[C@H](C)CO[C@H](CC2CCCCC2)[C@@H](C)C(=O)N1C. The fraction of sp³-hybridized carbons (Fsp3) is 0.868. The molecule has 298 valence electrons. The van der Waals surface area contributed by atoms with Gasteiger partial charge in [-0.25, -0.2) is 0 Å². The molecule has 3 rings (SSSR count). The van der Waals surface area contributed by atoms with Crippen LogP contribution in [0.4, 0.5) is 0 Å². The van der Waals surface area contributed by atoms with Crippen LogP contribution in [-0.2, 0) is 33.4 Å². The Labute approximate surface area is 311 Å². The van der Waals surface area contributed by atoms with Crippen molar-refractivity contribution in [1.29, 1.82) is 0 Å². The van der Waals surface area contributed by atoms with Gasteiger partial charge in [-0.1, -0.05) is 78.1 Å². The summed E-state index contributed by atoms with van der Waals surface area (Å²) in [6, 6.07) is -4.45. The minimum absolute atomic E-state index is 0.113. The van der Waals surface area contributed by atoms with E-state index in [4.69, 9.17) is 20.9 Å². The second-order valence-corrected chi connectivity index (χ2v) is 15.4. The molecule has 0 aromatic carbocycles. The third-order valence-corrected chi connectivity index (χ3v) is 11.1. The average Bonchev–Trinajstić information content (AvgIpc) is 3.43. The molecule has 14 nitrogen and oxygen atoms in total. The van der Waals surface area contributed by atoms with Gasteiger partial charge in [-0.15, -0.1) is 0 Å². The summed E-state index contributed by atoms with van der Waals surface area (Å²) >= 11 is 0. The molecule has 52 heavy (non-hydrogen) atoms. The maximum Gasteiger partial charge on any atom is 0.245 e. The van der Waals surface area contributed by atoms with Crippen molar-refractivity contribution in [3.63, 3.8) is 0 Å². The lowest BCUT2D eigenvalue weighted by Gasteiger charge is -2.35. The lowest BCUT2D eigenvalue weighted by molar-refractivity contribution is -0.147. The van der Waals surface area contributed by atoms with Crippen LogP contribution in [0.2, 0.25) is 0 Å². The molecule has 2 saturated carbocycles. The third kappa shape index (κ3) is 13.6. The molecule has 0 aromatic rings. The van der Waals surface area contributed by atoms with Gasteiger partial charge in [0.15, 0.2) is 0 Å². The highest BCUT2D eigenvalue weighted by Gasteiger charge is 2.39. The Balaban J connectivity index is 2.00. The molecule has 3 aliphatic rings. The van der Waals surface area contributed by atoms with Crippen LogP contribution in [0.1, 0.15) is 117 Å². The van der Waals surface area contributed by atoms with Crippen LogP contribution in [0.15, 0.2) is 0 Å². The molecule has 0 aromatic heterocycles. The van der Waals surface area contributed by atoms with Gasteiger partial charge in [-0.3, -0.25) is 24.0 Å². The maximum atomic E-state index is 14.2. The smallest absolute Gasteiger partial charge is 0.245 e. The van der Waals surface area contributed by atoms with Gasteiger partial charge < -0.3 is 47.1 Å². The lowest BCUT2D eigenvalue weighted by atomic mass is 9.82. The van der Waals surface area contributed by atoms with Gasteiger partial charge >= 0.3 is 0 Å². The largest absolute Gasteiger partial charge is 0.379 e. The normalized spacial score (nSPS) is 30.6. The quantitative estimate of drug-likeness (QED) is 0.135. The molecule has 1 aliphatic heterocycles. The molecule has 7 atom stereocenters. The van der Waals surface area contributed by atoms with Crippen molar-refractivity contribution >= 4 is 29.5 Å². The number of carbonyl (C=O) groups excluding carboxylic acids is 5. The third-order valence-electron chi connectivity index (χ3n) is 11.1. The number of hydrogen-bond donors (Lipinski definition) is 6. The molecular weight excluding hydrogens is 666 g/mol. The van der Waals surface area contributed by atoms with Crippen molar-refractivity contribution in [2.75, 3.05) is 40.0 Å². The lowest BCUT2D eigenvalue weighted by Crippen LogP contribution is -2.62. The Bertz CT molecular complexity index is 1130. The van der Waals surface area contributed by atoms with Gasteiger partial charge in [-0.2, -0.15) is 0 Å². The van der Waals surface area contributed by atoms with Crippen molar-refractivity contribution in [2.24, 2.45) is 29.2 Å². The van der Waals surface area contributed by atoms with Gasteiger partial charge in [0, 0.05) is 26.2 Å². The summed E-state index contributed by atoms with van der Waals surface area (Å²) in [5.41, 5.74) is 11.6. The molecule has 14 heteroatoms. The summed E-state index contributed by atoms with van der Waals surface area (Å²) < 4.78 is 12.2. The van der Waals surface area contributed by atoms with Crippen molar-refractivity contribution in [3.8, 4) is 0 Å². The highest BCUT2D eigenvalue weighted by atomic mass is 16.5. The summed E-state index contributed by atoms with van der Waals surface area (Å²) in [5, 5.41) is 11.5. The zero-order valence-corrected chi connectivity index (χ0v) is 32.3. The summed E-state index contributed by atoms with van der Waals surface area (Å²) in [7, 11) is 1.66. The Kier molecular flexibility index (Phi) is 19.3. The number of nitrogens with two attached hydrogens (primary N) is 2. The zero-order chi connectivity index (χ0) is 38.0. The summed E-state index contributed by atoms with van der Waals surface area (Å²) in [4.78, 5) is 71.2. The molecule has 2 aliphatic carbocycles. The van der Waals surface area contributed by atoms with Crippen molar-refractivity contribution in [3.05, 3.63) is 0 Å². The van der Waals surface area contributed by atoms with E-state index in [1.165, 1.54) is 11.3 Å². The summed E-state index contributed by atoms with van der Waals surface area (Å²) in [6.07, 6.45) is 12.9. The Hall–Kier alpha value is -2.81. The van der Waals surface area contributed by atoms with E-state index in [0.29, 0.717) is 44.8 Å². The Morgan fingerprint density at radius 1 is 0.788 bits per heavy atom. The number of likely N-dealkylation sites (N-methyl/N-ethyl adjacent to an activating group) is 1. The number of rotatable bonds is 11. The fourth-order valence-electron chi connectivity index (χ4n) is 7.85. The standard InChI is InChI=1S/C38H69N7O7/c1-5-14-31-36(48)44-33(28-17-11-6-7-12-18-28)37(49)42-29(22-40)34(46)43-30(24-51-20-13-19-39)35(47)41-25(2)23-52-32(26(3)38(50)45(31)4)21-27-15-9-8-10-16-27/h25-33H,5-24,39-40H2,1-4H3,(H,41,47)(H,42,49)(H,43,46)(H,44,48)/t25-,26-,29+,30+,31+,32-,33+/m1/s1. The van der Waals surface area contributed by atoms with E-state index >= 15 is 0 Å². The molecule has 1 saturated heterocycles. The summed E-state index contributed by atoms with van der Waals surface area (Å²) in [5.74, 6) is -2.53. The topological polar surface area (TPSA) is 207 Å². The number of ether oxygens (including phenoxy) is 2. The summed E-state index contributed by atoms with van der Waals surface area (Å²) in [6.45, 7) is 6.14. The van der Waals surface area contributed by atoms with Gasteiger partial charge in [0.2, 0.25) is 29.5 Å². The molecule has 1 heterocycles. The highest BCUT2D eigenvalue weighted by Crippen LogP contribution is 2.31. The number of hydrogen-bond acceptors (Lipinski definition) is 9. The predicted molar refractivity (Wildman–Crippen MR) is 200 cm³/mol. The van der Waals surface area contributed by atoms with Crippen LogP contribution in [0.3, 0.4) is 0 Å². The second kappa shape index (κ2) is 23.1. The first-order valence-corrected chi connectivity index (χ1v) is 20.1. The molecular formula is C38H69N7O7. The van der Waals surface area contributed by atoms with E-state index in [1.807, 2.05) is 20.8 Å². The average molecular weight is 736 g/mol. The number of carbonyl (C=O) groups is 5. The van der Waals surface area contributed by atoms with Crippen molar-refractivity contribution in [1.82, 2.24) is 26.2 Å². The van der Waals surface area contributed by atoms with E-state index < -0.39 is 65.9 Å².